The van der Waals surface area contributed by atoms with Gasteiger partial charge < -0.3 is 19.5 Å². The molecule has 1 atom stereocenters. The number of carbonyl (C=O) groups is 2. The predicted molar refractivity (Wildman–Crippen MR) is 73.1 cm³/mol. The minimum atomic E-state index is -0.539. The van der Waals surface area contributed by atoms with E-state index in [0.29, 0.717) is 13.0 Å². The summed E-state index contributed by atoms with van der Waals surface area (Å²) in [7, 11) is 0. The number of hydrogen-bond donors (Lipinski definition) is 1. The summed E-state index contributed by atoms with van der Waals surface area (Å²) in [6.07, 6.45) is 2.45. The molecule has 1 N–H and O–H groups in total. The van der Waals surface area contributed by atoms with Crippen LogP contribution in [0.5, 0.6) is 0 Å². The molecule has 0 saturated carbocycles. The molecule has 0 spiro atoms. The Balaban J connectivity index is 2.11. The van der Waals surface area contributed by atoms with Gasteiger partial charge in [-0.15, -0.1) is 0 Å². The van der Waals surface area contributed by atoms with Gasteiger partial charge in [0.1, 0.15) is 6.61 Å². The molecule has 1 amide bonds. The second-order valence-electron chi connectivity index (χ2n) is 5.50. The number of alkyl carbamates (subject to hydrolysis) is 1. The highest BCUT2D eigenvalue weighted by Gasteiger charge is 2.26. The smallest absolute Gasteiger partial charge is 0.409 e. The van der Waals surface area contributed by atoms with Crippen molar-refractivity contribution in [2.75, 3.05) is 19.8 Å². The maximum Gasteiger partial charge on any atom is 0.409 e. The van der Waals surface area contributed by atoms with Gasteiger partial charge in [-0.1, -0.05) is 6.92 Å². The Labute approximate surface area is 120 Å². The zero-order chi connectivity index (χ0) is 15.0. The summed E-state index contributed by atoms with van der Waals surface area (Å²) >= 11 is 0. The lowest BCUT2D eigenvalue weighted by Crippen LogP contribution is -2.35. The Hall–Kier alpha value is -1.30. The van der Waals surface area contributed by atoms with E-state index in [1.54, 1.807) is 0 Å². The van der Waals surface area contributed by atoms with Crippen molar-refractivity contribution in [3.63, 3.8) is 0 Å². The fraction of sp³-hybridized carbons (Fsp3) is 0.857. The average Bonchev–Trinajstić information content (AvgIpc) is 2.44. The van der Waals surface area contributed by atoms with Crippen LogP contribution in [0, 0.1) is 5.41 Å². The first-order chi connectivity index (χ1) is 9.45. The van der Waals surface area contributed by atoms with Gasteiger partial charge in [-0.2, -0.15) is 0 Å². The molecule has 20 heavy (non-hydrogen) atoms. The molecule has 1 rings (SSSR count). The average molecular weight is 287 g/mol. The third-order valence-corrected chi connectivity index (χ3v) is 3.42. The highest BCUT2D eigenvalue weighted by Crippen LogP contribution is 2.21. The predicted octanol–water partition coefficient (Wildman–Crippen LogP) is 2.22. The maximum atomic E-state index is 11.7. The summed E-state index contributed by atoms with van der Waals surface area (Å²) in [5.74, 6) is -0.259. The zero-order valence-corrected chi connectivity index (χ0v) is 12.6. The van der Waals surface area contributed by atoms with E-state index in [0.717, 1.165) is 19.3 Å². The molecule has 6 heteroatoms. The van der Waals surface area contributed by atoms with Crippen molar-refractivity contribution >= 4 is 12.1 Å². The van der Waals surface area contributed by atoms with Gasteiger partial charge in [0.25, 0.3) is 0 Å². The van der Waals surface area contributed by atoms with Crippen LogP contribution in [0.1, 0.15) is 46.5 Å². The van der Waals surface area contributed by atoms with Crippen molar-refractivity contribution in [1.82, 2.24) is 5.32 Å². The van der Waals surface area contributed by atoms with E-state index < -0.39 is 17.8 Å². The molecule has 1 aliphatic rings. The fourth-order valence-electron chi connectivity index (χ4n) is 1.60. The molecule has 1 aliphatic heterocycles. The minimum Gasteiger partial charge on any atom is -0.463 e. The fourth-order valence-corrected chi connectivity index (χ4v) is 1.60. The van der Waals surface area contributed by atoms with Crippen molar-refractivity contribution in [2.45, 2.75) is 52.7 Å². The van der Waals surface area contributed by atoms with Crippen LogP contribution in [0.2, 0.25) is 0 Å². The lowest BCUT2D eigenvalue weighted by Gasteiger charge is -2.22. The molecule has 1 saturated heterocycles. The van der Waals surface area contributed by atoms with E-state index in [4.69, 9.17) is 14.2 Å². The molecule has 0 aromatic carbocycles. The molecular formula is C14H25NO5. The van der Waals surface area contributed by atoms with Crippen molar-refractivity contribution < 1.29 is 23.8 Å². The van der Waals surface area contributed by atoms with Gasteiger partial charge in [0.15, 0.2) is 0 Å². The third-order valence-electron chi connectivity index (χ3n) is 3.42. The third kappa shape index (κ3) is 5.77. The second kappa shape index (κ2) is 8.09. The first kappa shape index (κ1) is 16.8. The molecule has 0 aliphatic carbocycles. The molecule has 1 fully saturated rings. The van der Waals surface area contributed by atoms with Gasteiger partial charge in [-0.05, 0) is 33.1 Å². The van der Waals surface area contributed by atoms with E-state index in [1.165, 1.54) is 0 Å². The molecular weight excluding hydrogens is 262 g/mol. The molecule has 1 unspecified atom stereocenters. The number of nitrogens with one attached hydrogen (secondary N) is 1. The zero-order valence-electron chi connectivity index (χ0n) is 12.6. The molecule has 116 valence electrons. The highest BCUT2D eigenvalue weighted by atomic mass is 16.7. The van der Waals surface area contributed by atoms with Gasteiger partial charge in [0.2, 0.25) is 6.29 Å². The quantitative estimate of drug-likeness (QED) is 0.599. The van der Waals surface area contributed by atoms with E-state index >= 15 is 0 Å². The van der Waals surface area contributed by atoms with Gasteiger partial charge in [-0.25, -0.2) is 4.79 Å². The molecule has 0 radical (unpaired) electrons. The van der Waals surface area contributed by atoms with Crippen LogP contribution in [-0.2, 0) is 19.0 Å². The standard InChI is InChI=1S/C14H25NO5/c1-4-14(2,3)12(16)19-10-8-15-13(17)20-11-7-5-6-9-18-11/h11H,4-10H2,1-3H3,(H,15,17). The summed E-state index contributed by atoms with van der Waals surface area (Å²) in [5, 5.41) is 2.54. The largest absolute Gasteiger partial charge is 0.463 e. The lowest BCUT2D eigenvalue weighted by molar-refractivity contribution is -0.154. The number of rotatable bonds is 6. The topological polar surface area (TPSA) is 73.9 Å². The summed E-state index contributed by atoms with van der Waals surface area (Å²) in [5.41, 5.74) is -0.490. The first-order valence-electron chi connectivity index (χ1n) is 7.19. The first-order valence-corrected chi connectivity index (χ1v) is 7.19. The normalized spacial score (nSPS) is 19.2. The molecule has 0 aromatic rings. The van der Waals surface area contributed by atoms with Crippen LogP contribution in [0.3, 0.4) is 0 Å². The monoisotopic (exact) mass is 287 g/mol. The van der Waals surface area contributed by atoms with Gasteiger partial charge in [0.05, 0.1) is 18.6 Å². The minimum absolute atomic E-state index is 0.142. The number of esters is 1. The van der Waals surface area contributed by atoms with Crippen molar-refractivity contribution in [2.24, 2.45) is 5.41 Å². The Morgan fingerprint density at radius 3 is 2.70 bits per heavy atom. The number of hydrogen-bond acceptors (Lipinski definition) is 5. The van der Waals surface area contributed by atoms with Gasteiger partial charge >= 0.3 is 12.1 Å². The van der Waals surface area contributed by atoms with Crippen molar-refractivity contribution in [1.29, 1.82) is 0 Å². The van der Waals surface area contributed by atoms with Crippen LogP contribution in [-0.4, -0.2) is 38.1 Å². The SMILES string of the molecule is CCC(C)(C)C(=O)OCCNC(=O)OC1CCCCO1. The van der Waals surface area contributed by atoms with Crippen LogP contribution >= 0.6 is 0 Å². The summed E-state index contributed by atoms with van der Waals surface area (Å²) in [6, 6.07) is 0. The van der Waals surface area contributed by atoms with Crippen LogP contribution in [0.4, 0.5) is 4.79 Å². The summed E-state index contributed by atoms with van der Waals surface area (Å²) < 4.78 is 15.5. The lowest BCUT2D eigenvalue weighted by atomic mass is 9.91. The van der Waals surface area contributed by atoms with Crippen molar-refractivity contribution in [3.05, 3.63) is 0 Å². The Morgan fingerprint density at radius 1 is 1.35 bits per heavy atom. The second-order valence-corrected chi connectivity index (χ2v) is 5.50. The molecule has 0 bridgehead atoms. The Morgan fingerprint density at radius 2 is 2.10 bits per heavy atom. The van der Waals surface area contributed by atoms with Gasteiger partial charge in [-0.3, -0.25) is 4.79 Å². The molecule has 6 nitrogen and oxygen atoms in total. The molecule has 0 aromatic heterocycles. The number of ether oxygens (including phenoxy) is 3. The van der Waals surface area contributed by atoms with E-state index in [9.17, 15) is 9.59 Å². The van der Waals surface area contributed by atoms with Gasteiger partial charge in [0, 0.05) is 6.42 Å². The maximum absolute atomic E-state index is 11.7. The Bertz CT molecular complexity index is 324. The van der Waals surface area contributed by atoms with Crippen LogP contribution in [0.15, 0.2) is 0 Å². The number of amides is 1. The highest BCUT2D eigenvalue weighted by molar-refractivity contribution is 5.75. The van der Waals surface area contributed by atoms with E-state index in [-0.39, 0.29) is 19.1 Å². The Kier molecular flexibility index (Phi) is 6.78. The van der Waals surface area contributed by atoms with Crippen molar-refractivity contribution in [3.8, 4) is 0 Å². The van der Waals surface area contributed by atoms with E-state index in [1.807, 2.05) is 20.8 Å². The number of carbonyl (C=O) groups excluding carboxylic acids is 2. The summed E-state index contributed by atoms with van der Waals surface area (Å²) in [4.78, 5) is 23.1. The molecule has 1 heterocycles. The summed E-state index contributed by atoms with van der Waals surface area (Å²) in [6.45, 7) is 6.59. The van der Waals surface area contributed by atoms with Crippen LogP contribution in [0.25, 0.3) is 0 Å². The van der Waals surface area contributed by atoms with E-state index in [2.05, 4.69) is 5.32 Å². The van der Waals surface area contributed by atoms with Crippen LogP contribution < -0.4 is 5.32 Å².